The van der Waals surface area contributed by atoms with E-state index in [0.29, 0.717) is 37.6 Å². The molecule has 1 aromatic carbocycles. The van der Waals surface area contributed by atoms with Crippen LogP contribution in [0.1, 0.15) is 41.0 Å². The maximum atomic E-state index is 14.4. The molecule has 6 atom stereocenters. The van der Waals surface area contributed by atoms with E-state index in [0.717, 1.165) is 0 Å². The van der Waals surface area contributed by atoms with Crippen molar-refractivity contribution in [3.8, 4) is 5.75 Å². The average molecular weight is 538 g/mol. The highest BCUT2D eigenvalue weighted by Crippen LogP contribution is 2.58. The highest BCUT2D eigenvalue weighted by atomic mass is 16.5. The lowest BCUT2D eigenvalue weighted by Gasteiger charge is -2.40. The summed E-state index contributed by atoms with van der Waals surface area (Å²) in [6.45, 7) is 10.5. The fourth-order valence-corrected chi connectivity index (χ4v) is 6.87. The van der Waals surface area contributed by atoms with Gasteiger partial charge < -0.3 is 29.3 Å². The third-order valence-electron chi connectivity index (χ3n) is 8.68. The van der Waals surface area contributed by atoms with Gasteiger partial charge in [0.05, 0.1) is 36.7 Å². The van der Waals surface area contributed by atoms with E-state index in [-0.39, 0.29) is 30.4 Å². The fourth-order valence-electron chi connectivity index (χ4n) is 6.87. The molecule has 1 N–H and O–H groups in total. The topological polar surface area (TPSA) is 99.6 Å². The van der Waals surface area contributed by atoms with E-state index in [1.54, 1.807) is 9.80 Å². The van der Waals surface area contributed by atoms with Crippen molar-refractivity contribution in [2.75, 3.05) is 31.2 Å². The summed E-state index contributed by atoms with van der Waals surface area (Å²) < 4.78 is 12.4. The van der Waals surface area contributed by atoms with Crippen LogP contribution in [0, 0.1) is 11.8 Å². The van der Waals surface area contributed by atoms with Crippen LogP contribution in [0.3, 0.4) is 0 Å². The number of aliphatic hydroxyl groups excluding tert-OH is 1. The number of benzene rings is 1. The molecule has 0 bridgehead atoms. The first-order valence-corrected chi connectivity index (χ1v) is 14.0. The number of amides is 3. The lowest BCUT2D eigenvalue weighted by molar-refractivity contribution is -0.155. The monoisotopic (exact) mass is 537 g/mol. The Hall–Kier alpha value is -3.17. The second kappa shape index (κ2) is 10.1. The van der Waals surface area contributed by atoms with Gasteiger partial charge in [-0.3, -0.25) is 14.4 Å². The van der Waals surface area contributed by atoms with E-state index in [1.165, 1.54) is 4.90 Å². The number of aliphatic hydroxyl groups is 1. The number of likely N-dealkylation sites (tertiary alicyclic amines) is 1. The molecule has 9 nitrogen and oxygen atoms in total. The molecule has 3 amide bonds. The molecule has 0 radical (unpaired) electrons. The number of ether oxygens (including phenoxy) is 2. The Kier molecular flexibility index (Phi) is 7.09. The van der Waals surface area contributed by atoms with E-state index in [4.69, 9.17) is 9.47 Å². The Morgan fingerprint density at radius 2 is 1.69 bits per heavy atom. The largest absolute Gasteiger partial charge is 0.494 e. The van der Waals surface area contributed by atoms with Crippen molar-refractivity contribution < 1.29 is 29.0 Å². The molecule has 4 aliphatic heterocycles. The summed E-state index contributed by atoms with van der Waals surface area (Å²) >= 11 is 0. The first-order valence-electron chi connectivity index (χ1n) is 14.0. The van der Waals surface area contributed by atoms with Crippen LogP contribution >= 0.6 is 0 Å². The summed E-state index contributed by atoms with van der Waals surface area (Å²) in [4.78, 5) is 47.8. The number of hydrogen-bond acceptors (Lipinski definition) is 6. The summed E-state index contributed by atoms with van der Waals surface area (Å²) in [6.07, 6.45) is 7.96. The molecule has 1 aromatic rings. The number of carbonyl (C=O) groups is 3. The van der Waals surface area contributed by atoms with Gasteiger partial charge in [0.15, 0.2) is 0 Å². The zero-order chi connectivity index (χ0) is 28.1. The van der Waals surface area contributed by atoms with Crippen molar-refractivity contribution in [1.29, 1.82) is 0 Å². The molecule has 2 saturated heterocycles. The normalized spacial score (nSPS) is 32.7. The molecule has 0 saturated carbocycles. The molecule has 1 unspecified atom stereocenters. The van der Waals surface area contributed by atoms with Crippen LogP contribution in [0.5, 0.6) is 5.75 Å². The molecule has 9 heteroatoms. The molecule has 0 aromatic heterocycles. The molecule has 0 aliphatic carbocycles. The summed E-state index contributed by atoms with van der Waals surface area (Å²) in [5.74, 6) is -1.85. The molecule has 5 rings (SSSR count). The summed E-state index contributed by atoms with van der Waals surface area (Å²) in [5, 5.41) is 10.2. The summed E-state index contributed by atoms with van der Waals surface area (Å²) in [6, 6.07) is 5.69. The van der Waals surface area contributed by atoms with Gasteiger partial charge in [0.1, 0.15) is 17.4 Å². The number of hydrogen-bond donors (Lipinski definition) is 1. The van der Waals surface area contributed by atoms with Crippen molar-refractivity contribution in [2.45, 2.75) is 70.4 Å². The van der Waals surface area contributed by atoms with Crippen LogP contribution in [0.2, 0.25) is 0 Å². The SMILES string of the molecule is CCOc1ccc(N2CC=C[C@@]3(C)O[C@]45C=CCN(C(C)C)C(=O)C4N([C@@H](CC)CO)C(=O)[C@@H]5[C@H]3C2=O)cc1. The first-order chi connectivity index (χ1) is 18.6. The minimum atomic E-state index is -1.33. The molecular weight excluding hydrogens is 498 g/mol. The molecular formula is C30H39N3O6. The van der Waals surface area contributed by atoms with E-state index in [1.807, 2.05) is 83.2 Å². The second-order valence-electron chi connectivity index (χ2n) is 11.3. The quantitative estimate of drug-likeness (QED) is 0.537. The van der Waals surface area contributed by atoms with Gasteiger partial charge >= 0.3 is 0 Å². The Morgan fingerprint density at radius 3 is 2.31 bits per heavy atom. The highest BCUT2D eigenvalue weighted by Gasteiger charge is 2.75. The van der Waals surface area contributed by atoms with Gasteiger partial charge in [-0.25, -0.2) is 0 Å². The third kappa shape index (κ3) is 4.09. The van der Waals surface area contributed by atoms with Crippen LogP contribution in [0.15, 0.2) is 48.6 Å². The summed E-state index contributed by atoms with van der Waals surface area (Å²) in [5.41, 5.74) is -1.74. The Morgan fingerprint density at radius 1 is 1.00 bits per heavy atom. The Bertz CT molecular complexity index is 1190. The number of rotatable bonds is 7. The van der Waals surface area contributed by atoms with Crippen LogP contribution in [-0.2, 0) is 19.1 Å². The minimum Gasteiger partial charge on any atom is -0.494 e. The predicted octanol–water partition coefficient (Wildman–Crippen LogP) is 2.54. The van der Waals surface area contributed by atoms with Crippen LogP contribution in [-0.4, -0.2) is 88.3 Å². The smallest absolute Gasteiger partial charge is 0.249 e. The second-order valence-corrected chi connectivity index (χ2v) is 11.3. The zero-order valence-electron chi connectivity index (χ0n) is 23.4. The number of carbonyl (C=O) groups excluding carboxylic acids is 3. The minimum absolute atomic E-state index is 0.0957. The van der Waals surface area contributed by atoms with Gasteiger partial charge in [-0.05, 0) is 58.4 Å². The van der Waals surface area contributed by atoms with Crippen LogP contribution in [0.25, 0.3) is 0 Å². The Labute approximate surface area is 230 Å². The molecule has 39 heavy (non-hydrogen) atoms. The first kappa shape index (κ1) is 27.4. The number of anilines is 1. The molecule has 4 heterocycles. The maximum Gasteiger partial charge on any atom is 0.249 e. The van der Waals surface area contributed by atoms with Crippen molar-refractivity contribution in [3.63, 3.8) is 0 Å². The van der Waals surface area contributed by atoms with Crippen LogP contribution < -0.4 is 9.64 Å². The van der Waals surface area contributed by atoms with Gasteiger partial charge in [-0.15, -0.1) is 0 Å². The third-order valence-corrected chi connectivity index (χ3v) is 8.68. The van der Waals surface area contributed by atoms with Crippen molar-refractivity contribution in [1.82, 2.24) is 9.80 Å². The van der Waals surface area contributed by atoms with Gasteiger partial charge in [0.2, 0.25) is 17.7 Å². The zero-order valence-corrected chi connectivity index (χ0v) is 23.4. The lowest BCUT2D eigenvalue weighted by Crippen LogP contribution is -2.59. The van der Waals surface area contributed by atoms with E-state index >= 15 is 0 Å². The standard InChI is InChI=1S/C30H39N3O6/c1-6-20(18-34)33-25-28(37)31(19(3)4)16-9-15-30(25)24(27(33)36)23-26(35)32(17-8-14-29(23,5)39-30)21-10-12-22(13-11-21)38-7-2/h8-15,19-20,23-25,34H,6-7,16-18H2,1-5H3/t20-,23-,24-,25?,29+,30-/m0/s1. The van der Waals surface area contributed by atoms with Gasteiger partial charge in [-0.1, -0.05) is 31.2 Å². The molecule has 210 valence electrons. The van der Waals surface area contributed by atoms with E-state index < -0.39 is 35.1 Å². The Balaban J connectivity index is 1.62. The molecule has 1 spiro atoms. The number of nitrogens with zero attached hydrogens (tertiary/aromatic N) is 3. The van der Waals surface area contributed by atoms with E-state index in [2.05, 4.69) is 0 Å². The van der Waals surface area contributed by atoms with E-state index in [9.17, 15) is 19.5 Å². The number of fused-ring (bicyclic) bond motifs is 2. The van der Waals surface area contributed by atoms with Gasteiger partial charge in [0, 0.05) is 24.8 Å². The molecule has 2 fully saturated rings. The average Bonchev–Trinajstić information content (AvgIpc) is 3.17. The molecule has 4 aliphatic rings. The summed E-state index contributed by atoms with van der Waals surface area (Å²) in [7, 11) is 0. The predicted molar refractivity (Wildman–Crippen MR) is 146 cm³/mol. The van der Waals surface area contributed by atoms with Crippen molar-refractivity contribution in [2.24, 2.45) is 11.8 Å². The lowest BCUT2D eigenvalue weighted by atomic mass is 9.74. The fraction of sp³-hybridized carbons (Fsp3) is 0.567. The van der Waals surface area contributed by atoms with Gasteiger partial charge in [0.25, 0.3) is 0 Å². The maximum absolute atomic E-state index is 14.4. The van der Waals surface area contributed by atoms with Crippen molar-refractivity contribution >= 4 is 23.4 Å². The van der Waals surface area contributed by atoms with Crippen LogP contribution in [0.4, 0.5) is 5.69 Å². The van der Waals surface area contributed by atoms with Gasteiger partial charge in [-0.2, -0.15) is 0 Å². The van der Waals surface area contributed by atoms with Crippen molar-refractivity contribution in [3.05, 3.63) is 48.6 Å². The highest BCUT2D eigenvalue weighted by molar-refractivity contribution is 6.04.